The lowest BCUT2D eigenvalue weighted by molar-refractivity contribution is -0.155. The van der Waals surface area contributed by atoms with Crippen molar-refractivity contribution in [2.24, 2.45) is 40.4 Å². The third kappa shape index (κ3) is 5.80. The van der Waals surface area contributed by atoms with Gasteiger partial charge >= 0.3 is 11.9 Å². The maximum absolute atomic E-state index is 13.2. The first-order valence-electron chi connectivity index (χ1n) is 15.6. The van der Waals surface area contributed by atoms with Gasteiger partial charge in [0.1, 0.15) is 12.2 Å². The van der Waals surface area contributed by atoms with E-state index in [4.69, 9.17) is 9.84 Å². The number of aliphatic hydroxyl groups is 1. The quantitative estimate of drug-likeness (QED) is 0.246. The average molecular weight is 577 g/mol. The van der Waals surface area contributed by atoms with Gasteiger partial charge in [-0.05, 0) is 111 Å². The molecule has 0 radical (unpaired) electrons. The number of carbonyl (C=O) groups is 4. The molecule has 2 N–H and O–H groups in total. The number of hydrogen-bond donors (Lipinski definition) is 2. The van der Waals surface area contributed by atoms with Gasteiger partial charge in [-0.1, -0.05) is 37.8 Å². The molecule has 8 atom stereocenters. The zero-order chi connectivity index (χ0) is 30.3. The number of benzene rings is 1. The van der Waals surface area contributed by atoms with Crippen LogP contribution in [0.2, 0.25) is 0 Å². The highest BCUT2D eigenvalue weighted by molar-refractivity contribution is 5.94. The smallest absolute Gasteiger partial charge is 0.306 e. The maximum Gasteiger partial charge on any atom is 0.306 e. The summed E-state index contributed by atoms with van der Waals surface area (Å²) in [5, 5.41) is 20.3. The van der Waals surface area contributed by atoms with E-state index in [2.05, 4.69) is 25.7 Å². The van der Waals surface area contributed by atoms with Gasteiger partial charge in [-0.15, -0.1) is 0 Å². The Labute approximate surface area is 248 Å². The van der Waals surface area contributed by atoms with Crippen LogP contribution < -0.4 is 0 Å². The minimum absolute atomic E-state index is 0.0218. The third-order valence-electron chi connectivity index (χ3n) is 11.8. The third-order valence-corrected chi connectivity index (χ3v) is 11.8. The van der Waals surface area contributed by atoms with E-state index in [9.17, 15) is 24.3 Å². The average Bonchev–Trinajstić information content (AvgIpc) is 3.32. The molecule has 0 aromatic heterocycles. The summed E-state index contributed by atoms with van der Waals surface area (Å²) in [4.78, 5) is 47.4. The van der Waals surface area contributed by atoms with E-state index in [1.807, 2.05) is 12.1 Å². The summed E-state index contributed by atoms with van der Waals surface area (Å²) in [5.41, 5.74) is 0.489. The van der Waals surface area contributed by atoms with E-state index in [1.165, 1.54) is 0 Å². The van der Waals surface area contributed by atoms with Crippen molar-refractivity contribution in [1.82, 2.24) is 0 Å². The van der Waals surface area contributed by atoms with E-state index in [-0.39, 0.29) is 47.8 Å². The van der Waals surface area contributed by atoms with Crippen LogP contribution in [0.3, 0.4) is 0 Å². The second kappa shape index (κ2) is 11.6. The van der Waals surface area contributed by atoms with Crippen molar-refractivity contribution in [2.45, 2.75) is 97.0 Å². The van der Waals surface area contributed by atoms with Crippen LogP contribution in [0.25, 0.3) is 0 Å². The molecule has 0 spiro atoms. The Morgan fingerprint density at radius 2 is 1.62 bits per heavy atom. The van der Waals surface area contributed by atoms with Gasteiger partial charge < -0.3 is 14.9 Å². The zero-order valence-electron chi connectivity index (χ0n) is 25.1. The molecule has 4 aliphatic rings. The largest absolute Gasteiger partial charge is 0.481 e. The van der Waals surface area contributed by atoms with Crippen LogP contribution in [0, 0.1) is 52.3 Å². The Morgan fingerprint density at radius 1 is 0.905 bits per heavy atom. The molecule has 4 saturated carbocycles. The molecule has 3 unspecified atom stereocenters. The molecule has 0 bridgehead atoms. The summed E-state index contributed by atoms with van der Waals surface area (Å²) in [6, 6.07) is 7.24. The lowest BCUT2D eigenvalue weighted by atomic mass is 9.44. The van der Waals surface area contributed by atoms with Crippen molar-refractivity contribution in [3.8, 4) is 11.8 Å². The topological polar surface area (TPSA) is 118 Å². The van der Waals surface area contributed by atoms with Crippen LogP contribution >= 0.6 is 0 Å². The van der Waals surface area contributed by atoms with Gasteiger partial charge in [0.05, 0.1) is 12.8 Å². The van der Waals surface area contributed by atoms with Gasteiger partial charge in [0, 0.05) is 17.0 Å². The highest BCUT2D eigenvalue weighted by Gasteiger charge is 2.62. The number of fused-ring (bicyclic) bond motifs is 5. The van der Waals surface area contributed by atoms with Crippen molar-refractivity contribution in [2.75, 3.05) is 6.61 Å². The second-order valence-corrected chi connectivity index (χ2v) is 14.0. The first kappa shape index (κ1) is 30.5. The molecular formula is C35H44O7. The van der Waals surface area contributed by atoms with Gasteiger partial charge in [0.15, 0.2) is 11.6 Å². The molecule has 0 aliphatic heterocycles. The Balaban J connectivity index is 1.22. The van der Waals surface area contributed by atoms with Crippen LogP contribution in [0.4, 0.5) is 0 Å². The molecule has 0 amide bonds. The fourth-order valence-corrected chi connectivity index (χ4v) is 9.40. The summed E-state index contributed by atoms with van der Waals surface area (Å²) in [6.07, 6.45) is 7.80. The lowest BCUT2D eigenvalue weighted by Gasteiger charge is -2.61. The molecule has 7 heteroatoms. The van der Waals surface area contributed by atoms with Crippen LogP contribution in [-0.2, 0) is 19.1 Å². The van der Waals surface area contributed by atoms with Gasteiger partial charge in [0.2, 0.25) is 0 Å². The monoisotopic (exact) mass is 576 g/mol. The number of carboxylic acids is 1. The number of ketones is 2. The number of ether oxygens (including phenoxy) is 1. The molecule has 42 heavy (non-hydrogen) atoms. The summed E-state index contributed by atoms with van der Waals surface area (Å²) in [6.45, 7) is 5.98. The van der Waals surface area contributed by atoms with Crippen LogP contribution in [0.5, 0.6) is 0 Å². The van der Waals surface area contributed by atoms with Crippen molar-refractivity contribution < 1.29 is 34.1 Å². The fourth-order valence-electron chi connectivity index (χ4n) is 9.40. The molecule has 7 nitrogen and oxygen atoms in total. The SMILES string of the molecule is CC(=O)c1ccc(C#C[C@@]2(O)CC[C@]3(C)C4CC[C@@]5(C)C(CC[C@@H]5C(=O)COC(=O)CCC(=O)O)C4CC[C@@H]3C2)cc1. The Morgan fingerprint density at radius 3 is 2.31 bits per heavy atom. The molecule has 4 aliphatic carbocycles. The van der Waals surface area contributed by atoms with E-state index >= 15 is 0 Å². The highest BCUT2D eigenvalue weighted by Crippen LogP contribution is 2.68. The predicted molar refractivity (Wildman–Crippen MR) is 156 cm³/mol. The summed E-state index contributed by atoms with van der Waals surface area (Å²) in [5.74, 6) is 6.52. The maximum atomic E-state index is 13.2. The Kier molecular flexibility index (Phi) is 8.42. The van der Waals surface area contributed by atoms with Gasteiger partial charge in [-0.2, -0.15) is 0 Å². The highest BCUT2D eigenvalue weighted by atomic mass is 16.5. The normalized spacial score (nSPS) is 36.8. The first-order valence-corrected chi connectivity index (χ1v) is 15.6. The summed E-state index contributed by atoms with van der Waals surface area (Å²) >= 11 is 0. The van der Waals surface area contributed by atoms with Crippen LogP contribution in [0.15, 0.2) is 24.3 Å². The fraction of sp³-hybridized carbons (Fsp3) is 0.657. The van der Waals surface area contributed by atoms with E-state index in [0.717, 1.165) is 50.5 Å². The van der Waals surface area contributed by atoms with Gasteiger partial charge in [-0.25, -0.2) is 0 Å². The van der Waals surface area contributed by atoms with E-state index in [0.29, 0.717) is 42.1 Å². The van der Waals surface area contributed by atoms with Crippen LogP contribution in [-0.4, -0.2) is 45.9 Å². The van der Waals surface area contributed by atoms with E-state index < -0.39 is 17.5 Å². The Hall–Kier alpha value is -2.98. The Bertz CT molecular complexity index is 1300. The number of rotatable bonds is 7. The molecule has 0 heterocycles. The molecular weight excluding hydrogens is 532 g/mol. The zero-order valence-corrected chi connectivity index (χ0v) is 25.1. The molecule has 226 valence electrons. The molecule has 4 fully saturated rings. The molecule has 5 rings (SSSR count). The lowest BCUT2D eigenvalue weighted by Crippen LogP contribution is -2.56. The molecule has 0 saturated heterocycles. The van der Waals surface area contributed by atoms with E-state index in [1.54, 1.807) is 19.1 Å². The summed E-state index contributed by atoms with van der Waals surface area (Å²) < 4.78 is 5.17. The standard InChI is InChI=1S/C35H44O7/c1-22(36)24-6-4-23(5-7-24)14-17-35(41)19-18-33(2)25(20-35)8-9-26-27-10-11-29(34(27,3)16-15-28(26)33)30(37)21-42-32(40)13-12-31(38)39/h4-7,25-29,41H,8-13,15-16,18-21H2,1-3H3,(H,38,39)/t25-,26?,27?,28?,29-,33+,34+,35-/m1/s1. The molecule has 1 aromatic carbocycles. The second-order valence-electron chi connectivity index (χ2n) is 14.0. The minimum atomic E-state index is -1.06. The van der Waals surface area contributed by atoms with Crippen molar-refractivity contribution in [3.63, 3.8) is 0 Å². The van der Waals surface area contributed by atoms with Gasteiger partial charge in [0.25, 0.3) is 0 Å². The minimum Gasteiger partial charge on any atom is -0.481 e. The number of esters is 1. The van der Waals surface area contributed by atoms with Crippen molar-refractivity contribution >= 4 is 23.5 Å². The van der Waals surface area contributed by atoms with Crippen molar-refractivity contribution in [3.05, 3.63) is 35.4 Å². The first-order chi connectivity index (χ1) is 19.8. The summed E-state index contributed by atoms with van der Waals surface area (Å²) in [7, 11) is 0. The van der Waals surface area contributed by atoms with Gasteiger partial charge in [-0.3, -0.25) is 19.2 Å². The number of aliphatic carboxylic acids is 1. The number of hydrogen-bond acceptors (Lipinski definition) is 6. The molecule has 1 aromatic rings. The number of carbonyl (C=O) groups excluding carboxylic acids is 3. The van der Waals surface area contributed by atoms with Crippen LogP contribution in [0.1, 0.15) is 107 Å². The number of carboxylic acid groups (broad SMARTS) is 1. The van der Waals surface area contributed by atoms with Crippen molar-refractivity contribution in [1.29, 1.82) is 0 Å². The number of Topliss-reactive ketones (excluding diaryl/α,β-unsaturated/α-hetero) is 2. The predicted octanol–water partition coefficient (Wildman–Crippen LogP) is 5.61.